The van der Waals surface area contributed by atoms with Crippen molar-refractivity contribution in [3.63, 3.8) is 0 Å². The number of sulfone groups is 1. The van der Waals surface area contributed by atoms with Crippen LogP contribution in [0.25, 0.3) is 0 Å². The normalized spacial score (nSPS) is 11.6. The number of hydrogen-bond donors (Lipinski definition) is 1. The average Bonchev–Trinajstić information content (AvgIpc) is 2.75. The fraction of sp³-hybridized carbons (Fsp3) is 0.0952. The number of benzene rings is 3. The topological polar surface area (TPSA) is 107 Å². The van der Waals surface area contributed by atoms with Crippen molar-refractivity contribution in [2.45, 2.75) is 21.6 Å². The number of hydrogen-bond acceptors (Lipinski definition) is 6. The van der Waals surface area contributed by atoms with Gasteiger partial charge in [-0.05, 0) is 61.5 Å². The minimum atomic E-state index is -4.05. The number of anilines is 1. The van der Waals surface area contributed by atoms with E-state index in [1.807, 2.05) is 0 Å². The summed E-state index contributed by atoms with van der Waals surface area (Å²) in [6.07, 6.45) is 0. The van der Waals surface area contributed by atoms with Crippen molar-refractivity contribution >= 4 is 31.5 Å². The van der Waals surface area contributed by atoms with Crippen LogP contribution in [0.5, 0.6) is 0 Å². The van der Waals surface area contributed by atoms with Gasteiger partial charge in [-0.25, -0.2) is 21.6 Å². The monoisotopic (exact) mass is 445 g/mol. The number of sulfonamides is 1. The molecule has 0 spiro atoms. The Morgan fingerprint density at radius 2 is 1.40 bits per heavy atom. The van der Waals surface area contributed by atoms with Crippen molar-refractivity contribution in [1.29, 1.82) is 0 Å². The first kappa shape index (κ1) is 21.5. The highest BCUT2D eigenvalue weighted by Gasteiger charge is 2.21. The molecule has 0 aliphatic heterocycles. The van der Waals surface area contributed by atoms with E-state index in [9.17, 15) is 21.6 Å². The Bertz CT molecular complexity index is 1250. The maximum absolute atomic E-state index is 12.8. The third kappa shape index (κ3) is 4.69. The Morgan fingerprint density at radius 1 is 0.800 bits per heavy atom. The molecular weight excluding hydrogens is 426 g/mol. The molecule has 7 nitrogen and oxygen atoms in total. The quantitative estimate of drug-likeness (QED) is 0.558. The summed E-state index contributed by atoms with van der Waals surface area (Å²) in [7, 11) is -7.91. The van der Waals surface area contributed by atoms with Crippen LogP contribution in [0.4, 0.5) is 5.69 Å². The molecule has 3 rings (SSSR count). The summed E-state index contributed by atoms with van der Waals surface area (Å²) in [4.78, 5) is 11.4. The first-order valence-electron chi connectivity index (χ1n) is 8.94. The highest BCUT2D eigenvalue weighted by Crippen LogP contribution is 2.24. The van der Waals surface area contributed by atoms with Crippen LogP contribution in [-0.4, -0.2) is 29.4 Å². The molecule has 3 aromatic rings. The first-order valence-corrected chi connectivity index (χ1v) is 11.9. The molecule has 30 heavy (non-hydrogen) atoms. The standard InChI is InChI=1S/C21H19NO6S2/c1-2-28-21(23)16-11-13-17(14-12-16)22-30(26,27)20-10-6-9-19(15-20)29(24,25)18-7-4-3-5-8-18/h3-15,22H,2H2,1H3. The van der Waals surface area contributed by atoms with Gasteiger partial charge in [0, 0.05) is 5.69 Å². The molecule has 0 heterocycles. The number of ether oxygens (including phenoxy) is 1. The zero-order valence-corrected chi connectivity index (χ0v) is 17.6. The first-order chi connectivity index (χ1) is 14.2. The third-order valence-corrected chi connectivity index (χ3v) is 7.27. The van der Waals surface area contributed by atoms with Crippen LogP contribution in [0.2, 0.25) is 0 Å². The molecule has 0 amide bonds. The fourth-order valence-corrected chi connectivity index (χ4v) is 5.15. The Morgan fingerprint density at radius 3 is 2.03 bits per heavy atom. The Balaban J connectivity index is 1.87. The zero-order valence-electron chi connectivity index (χ0n) is 16.0. The lowest BCUT2D eigenvalue weighted by Gasteiger charge is -2.10. The van der Waals surface area contributed by atoms with Crippen molar-refractivity contribution in [3.05, 3.63) is 84.4 Å². The van der Waals surface area contributed by atoms with Crippen LogP contribution < -0.4 is 4.72 Å². The minimum absolute atomic E-state index is 0.0714. The van der Waals surface area contributed by atoms with Crippen molar-refractivity contribution in [1.82, 2.24) is 0 Å². The van der Waals surface area contributed by atoms with Crippen LogP contribution in [0, 0.1) is 0 Å². The molecule has 3 aromatic carbocycles. The number of carbonyl (C=O) groups is 1. The van der Waals surface area contributed by atoms with E-state index in [0.29, 0.717) is 0 Å². The molecular formula is C21H19NO6S2. The second kappa shape index (κ2) is 8.68. The van der Waals surface area contributed by atoms with Gasteiger partial charge in [0.05, 0.1) is 26.9 Å². The van der Waals surface area contributed by atoms with Crippen molar-refractivity contribution in [2.24, 2.45) is 0 Å². The molecule has 0 aliphatic rings. The lowest BCUT2D eigenvalue weighted by Crippen LogP contribution is -2.14. The highest BCUT2D eigenvalue weighted by molar-refractivity contribution is 7.93. The minimum Gasteiger partial charge on any atom is -0.462 e. The van der Waals surface area contributed by atoms with Gasteiger partial charge in [0.25, 0.3) is 10.0 Å². The highest BCUT2D eigenvalue weighted by atomic mass is 32.2. The Labute approximate surface area is 175 Å². The van der Waals surface area contributed by atoms with E-state index in [1.54, 1.807) is 25.1 Å². The summed E-state index contributed by atoms with van der Waals surface area (Å²) in [6, 6.07) is 18.6. The summed E-state index contributed by atoms with van der Waals surface area (Å²) >= 11 is 0. The van der Waals surface area contributed by atoms with Gasteiger partial charge in [-0.2, -0.15) is 0 Å². The largest absolute Gasteiger partial charge is 0.462 e. The van der Waals surface area contributed by atoms with Gasteiger partial charge in [-0.15, -0.1) is 0 Å². The lowest BCUT2D eigenvalue weighted by molar-refractivity contribution is 0.0526. The summed E-state index contributed by atoms with van der Waals surface area (Å²) < 4.78 is 58.3. The molecule has 0 aliphatic carbocycles. The molecule has 0 unspecified atom stereocenters. The molecule has 0 radical (unpaired) electrons. The summed E-state index contributed by atoms with van der Waals surface area (Å²) in [6.45, 7) is 1.92. The van der Waals surface area contributed by atoms with Gasteiger partial charge >= 0.3 is 5.97 Å². The molecule has 0 fully saturated rings. The Kier molecular flexibility index (Phi) is 6.23. The van der Waals surface area contributed by atoms with Crippen LogP contribution in [0.1, 0.15) is 17.3 Å². The summed E-state index contributed by atoms with van der Waals surface area (Å²) in [5.74, 6) is -0.509. The Hall–Kier alpha value is -3.17. The number of carbonyl (C=O) groups excluding carboxylic acids is 1. The maximum atomic E-state index is 12.8. The van der Waals surface area contributed by atoms with Crippen molar-refractivity contribution in [3.8, 4) is 0 Å². The summed E-state index contributed by atoms with van der Waals surface area (Å²) in [5, 5.41) is 0. The van der Waals surface area contributed by atoms with Crippen molar-refractivity contribution < 1.29 is 26.4 Å². The SMILES string of the molecule is CCOC(=O)c1ccc(NS(=O)(=O)c2cccc(S(=O)(=O)c3ccccc3)c2)cc1. The molecule has 0 aromatic heterocycles. The van der Waals surface area contributed by atoms with Crippen LogP contribution >= 0.6 is 0 Å². The van der Waals surface area contributed by atoms with E-state index in [0.717, 1.165) is 6.07 Å². The smallest absolute Gasteiger partial charge is 0.338 e. The number of nitrogens with one attached hydrogen (secondary N) is 1. The van der Waals surface area contributed by atoms with Gasteiger partial charge in [0.15, 0.2) is 0 Å². The third-order valence-electron chi connectivity index (χ3n) is 4.13. The van der Waals surface area contributed by atoms with Crippen LogP contribution in [-0.2, 0) is 24.6 Å². The van der Waals surface area contributed by atoms with Crippen molar-refractivity contribution in [2.75, 3.05) is 11.3 Å². The second-order valence-corrected chi connectivity index (χ2v) is 9.83. The van der Waals surface area contributed by atoms with E-state index in [-0.39, 0.29) is 32.5 Å². The van der Waals surface area contributed by atoms with Gasteiger partial charge in [-0.3, -0.25) is 4.72 Å². The van der Waals surface area contributed by atoms with E-state index in [1.165, 1.54) is 54.6 Å². The maximum Gasteiger partial charge on any atom is 0.338 e. The fourth-order valence-electron chi connectivity index (χ4n) is 2.65. The lowest BCUT2D eigenvalue weighted by atomic mass is 10.2. The van der Waals surface area contributed by atoms with Crippen LogP contribution in [0.3, 0.4) is 0 Å². The predicted octanol–water partition coefficient (Wildman–Crippen LogP) is 3.50. The van der Waals surface area contributed by atoms with E-state index < -0.39 is 25.8 Å². The second-order valence-electron chi connectivity index (χ2n) is 6.19. The molecule has 9 heteroatoms. The molecule has 0 atom stereocenters. The molecule has 1 N–H and O–H groups in total. The molecule has 0 saturated carbocycles. The van der Waals surface area contributed by atoms with Gasteiger partial charge in [0.1, 0.15) is 0 Å². The summed E-state index contributed by atoms with van der Waals surface area (Å²) in [5.41, 5.74) is 0.509. The number of rotatable bonds is 7. The predicted molar refractivity (Wildman–Crippen MR) is 112 cm³/mol. The number of esters is 1. The molecule has 0 saturated heterocycles. The van der Waals surface area contributed by atoms with E-state index in [4.69, 9.17) is 4.74 Å². The molecule has 156 valence electrons. The zero-order chi connectivity index (χ0) is 21.8. The van der Waals surface area contributed by atoms with Gasteiger partial charge in [-0.1, -0.05) is 24.3 Å². The average molecular weight is 446 g/mol. The van der Waals surface area contributed by atoms with E-state index >= 15 is 0 Å². The van der Waals surface area contributed by atoms with Crippen LogP contribution in [0.15, 0.2) is 93.5 Å². The van der Waals surface area contributed by atoms with Gasteiger partial charge < -0.3 is 4.74 Å². The molecule has 0 bridgehead atoms. The van der Waals surface area contributed by atoms with E-state index in [2.05, 4.69) is 4.72 Å². The van der Waals surface area contributed by atoms with Gasteiger partial charge in [0.2, 0.25) is 9.84 Å².